The third kappa shape index (κ3) is 6.37. The zero-order valence-electron chi connectivity index (χ0n) is 15.6. The Morgan fingerprint density at radius 1 is 0.962 bits per heavy atom. The van der Waals surface area contributed by atoms with Crippen LogP contribution in [0.25, 0.3) is 0 Å². The Morgan fingerprint density at radius 3 is 2.04 bits per heavy atom. The van der Waals surface area contributed by atoms with Gasteiger partial charge in [-0.15, -0.1) is 0 Å². The number of hydrogen-bond acceptors (Lipinski definition) is 10. The molecule has 4 atom stereocenters. The molecule has 0 bridgehead atoms. The molecule has 0 spiro atoms. The maximum Gasteiger partial charge on any atom is 0.264 e. The Balaban J connectivity index is 2.27. The predicted molar refractivity (Wildman–Crippen MR) is 89.2 cm³/mol. The standard InChI is InChI=1S/C14H26O10S2/c1-13(2)19-7-9(21-13)12(24-26(6,17)18)11-10(8-20-25(5,15)16)22-14(3,4)23-11/h9-12H,7-8H2,1-6H3/t9-,10+,11+,12-/m1/s1. The first-order valence-electron chi connectivity index (χ1n) is 7.97. The van der Waals surface area contributed by atoms with E-state index in [1.807, 2.05) is 0 Å². The molecule has 2 rings (SSSR count). The molecule has 0 saturated carbocycles. The summed E-state index contributed by atoms with van der Waals surface area (Å²) in [5.41, 5.74) is 0. The van der Waals surface area contributed by atoms with Crippen LogP contribution in [0.4, 0.5) is 0 Å². The van der Waals surface area contributed by atoms with Crippen molar-refractivity contribution in [2.75, 3.05) is 25.7 Å². The molecule has 0 unspecified atom stereocenters. The van der Waals surface area contributed by atoms with E-state index in [1.165, 1.54) is 0 Å². The molecule has 26 heavy (non-hydrogen) atoms. The average Bonchev–Trinajstić information content (AvgIpc) is 2.91. The van der Waals surface area contributed by atoms with E-state index in [4.69, 9.17) is 27.3 Å². The van der Waals surface area contributed by atoms with Crippen LogP contribution in [0.15, 0.2) is 0 Å². The van der Waals surface area contributed by atoms with Crippen LogP contribution in [0.2, 0.25) is 0 Å². The van der Waals surface area contributed by atoms with Crippen molar-refractivity contribution >= 4 is 20.2 Å². The molecule has 0 aliphatic carbocycles. The van der Waals surface area contributed by atoms with E-state index in [2.05, 4.69) is 0 Å². The summed E-state index contributed by atoms with van der Waals surface area (Å²) in [4.78, 5) is 0. The predicted octanol–water partition coefficient (Wildman–Crippen LogP) is -0.0210. The van der Waals surface area contributed by atoms with Crippen LogP contribution < -0.4 is 0 Å². The first kappa shape index (κ1) is 22.0. The summed E-state index contributed by atoms with van der Waals surface area (Å²) in [5.74, 6) is -2.01. The first-order chi connectivity index (χ1) is 11.6. The lowest BCUT2D eigenvalue weighted by atomic mass is 10.0. The van der Waals surface area contributed by atoms with Gasteiger partial charge in [-0.2, -0.15) is 16.8 Å². The Kier molecular flexibility index (Phi) is 6.12. The molecule has 0 aromatic rings. The monoisotopic (exact) mass is 418 g/mol. The van der Waals surface area contributed by atoms with E-state index in [0.29, 0.717) is 0 Å². The molecule has 0 aromatic heterocycles. The highest BCUT2D eigenvalue weighted by Gasteiger charge is 2.52. The van der Waals surface area contributed by atoms with Crippen molar-refractivity contribution in [3.63, 3.8) is 0 Å². The molecule has 2 saturated heterocycles. The number of rotatable bonds is 7. The van der Waals surface area contributed by atoms with E-state index in [9.17, 15) is 16.8 Å². The first-order valence-corrected chi connectivity index (χ1v) is 11.6. The van der Waals surface area contributed by atoms with Crippen LogP contribution in [-0.4, -0.2) is 78.6 Å². The van der Waals surface area contributed by atoms with Crippen molar-refractivity contribution in [1.82, 2.24) is 0 Å². The van der Waals surface area contributed by atoms with E-state index in [-0.39, 0.29) is 13.2 Å². The van der Waals surface area contributed by atoms with Crippen LogP contribution >= 0.6 is 0 Å². The van der Waals surface area contributed by atoms with Gasteiger partial charge in [0, 0.05) is 0 Å². The molecule has 154 valence electrons. The zero-order valence-corrected chi connectivity index (χ0v) is 17.3. The Labute approximate surface area is 154 Å². The quantitative estimate of drug-likeness (QED) is 0.521. The van der Waals surface area contributed by atoms with Crippen LogP contribution in [0, 0.1) is 0 Å². The maximum atomic E-state index is 11.8. The van der Waals surface area contributed by atoms with Gasteiger partial charge in [0.2, 0.25) is 0 Å². The second kappa shape index (κ2) is 7.24. The van der Waals surface area contributed by atoms with Gasteiger partial charge in [-0.25, -0.2) is 0 Å². The van der Waals surface area contributed by atoms with Crippen LogP contribution in [0.1, 0.15) is 27.7 Å². The van der Waals surface area contributed by atoms with Gasteiger partial charge in [0.1, 0.15) is 24.4 Å². The fraction of sp³-hybridized carbons (Fsp3) is 1.00. The van der Waals surface area contributed by atoms with Gasteiger partial charge < -0.3 is 18.9 Å². The topological polar surface area (TPSA) is 124 Å². The largest absolute Gasteiger partial charge is 0.348 e. The second-order valence-electron chi connectivity index (χ2n) is 7.26. The molecular formula is C14H26O10S2. The summed E-state index contributed by atoms with van der Waals surface area (Å²) in [5, 5.41) is 0. The molecule has 0 N–H and O–H groups in total. The highest BCUT2D eigenvalue weighted by molar-refractivity contribution is 7.86. The van der Waals surface area contributed by atoms with Crippen molar-refractivity contribution < 1.29 is 44.1 Å². The summed E-state index contributed by atoms with van der Waals surface area (Å²) in [6.07, 6.45) is -1.90. The van der Waals surface area contributed by atoms with Gasteiger partial charge >= 0.3 is 0 Å². The fourth-order valence-electron chi connectivity index (χ4n) is 2.87. The van der Waals surface area contributed by atoms with Gasteiger partial charge in [0.15, 0.2) is 11.6 Å². The van der Waals surface area contributed by atoms with E-state index in [0.717, 1.165) is 12.5 Å². The molecular weight excluding hydrogens is 392 g/mol. The van der Waals surface area contributed by atoms with Crippen LogP contribution in [0.5, 0.6) is 0 Å². The highest BCUT2D eigenvalue weighted by atomic mass is 32.2. The second-order valence-corrected chi connectivity index (χ2v) is 10.5. The lowest BCUT2D eigenvalue weighted by Gasteiger charge is -2.29. The Bertz CT molecular complexity index is 712. The van der Waals surface area contributed by atoms with Crippen molar-refractivity contribution in [1.29, 1.82) is 0 Å². The summed E-state index contributed by atoms with van der Waals surface area (Å²) in [6.45, 7) is 6.33. The van der Waals surface area contributed by atoms with E-state index >= 15 is 0 Å². The van der Waals surface area contributed by atoms with Gasteiger partial charge in [-0.05, 0) is 27.7 Å². The van der Waals surface area contributed by atoms with Crippen molar-refractivity contribution in [3.8, 4) is 0 Å². The molecule has 0 amide bonds. The summed E-state index contributed by atoms with van der Waals surface area (Å²) >= 11 is 0. The summed E-state index contributed by atoms with van der Waals surface area (Å²) < 4.78 is 78.8. The Morgan fingerprint density at radius 2 is 1.58 bits per heavy atom. The minimum Gasteiger partial charge on any atom is -0.348 e. The molecule has 0 aromatic carbocycles. The third-order valence-electron chi connectivity index (χ3n) is 3.67. The maximum absolute atomic E-state index is 11.8. The Hall–Kier alpha value is -0.340. The minimum absolute atomic E-state index is 0.0765. The van der Waals surface area contributed by atoms with E-state index in [1.54, 1.807) is 27.7 Å². The van der Waals surface area contributed by atoms with Crippen molar-refractivity contribution in [3.05, 3.63) is 0 Å². The molecule has 2 aliphatic heterocycles. The van der Waals surface area contributed by atoms with Crippen molar-refractivity contribution in [2.24, 2.45) is 0 Å². The molecule has 10 nitrogen and oxygen atoms in total. The normalized spacial score (nSPS) is 32.6. The van der Waals surface area contributed by atoms with Gasteiger partial charge in [-0.3, -0.25) is 8.37 Å². The summed E-state index contributed by atoms with van der Waals surface area (Å²) in [6, 6.07) is 0. The fourth-order valence-corrected chi connectivity index (χ4v) is 3.89. The lowest BCUT2D eigenvalue weighted by Crippen LogP contribution is -2.48. The molecule has 2 heterocycles. The minimum atomic E-state index is -3.87. The smallest absolute Gasteiger partial charge is 0.264 e. The molecule has 0 radical (unpaired) electrons. The summed E-state index contributed by atoms with van der Waals surface area (Å²) in [7, 11) is -7.59. The SMILES string of the molecule is CC1(C)O[C@H]([C@H](OS(C)(=O)=O)[C@H]2COC(C)(C)O2)[C@H](COS(C)(=O)=O)O1. The molecule has 2 fully saturated rings. The van der Waals surface area contributed by atoms with Crippen LogP contribution in [0.3, 0.4) is 0 Å². The number of hydrogen-bond donors (Lipinski definition) is 0. The third-order valence-corrected chi connectivity index (χ3v) is 4.81. The molecule has 12 heteroatoms. The zero-order chi connectivity index (χ0) is 20.0. The number of ether oxygens (including phenoxy) is 4. The van der Waals surface area contributed by atoms with Gasteiger partial charge in [0.05, 0.1) is 25.7 Å². The average molecular weight is 418 g/mol. The van der Waals surface area contributed by atoms with Gasteiger partial charge in [0.25, 0.3) is 20.2 Å². The van der Waals surface area contributed by atoms with Crippen LogP contribution in [-0.2, 0) is 47.5 Å². The lowest BCUT2D eigenvalue weighted by molar-refractivity contribution is -0.174. The molecule has 2 aliphatic rings. The van der Waals surface area contributed by atoms with Crippen molar-refractivity contribution in [2.45, 2.75) is 63.7 Å². The van der Waals surface area contributed by atoms with E-state index < -0.39 is 56.2 Å². The van der Waals surface area contributed by atoms with Gasteiger partial charge in [-0.1, -0.05) is 0 Å². The highest BCUT2D eigenvalue weighted by Crippen LogP contribution is 2.36.